The van der Waals surface area contributed by atoms with Gasteiger partial charge in [-0.2, -0.15) is 0 Å². The molecule has 0 N–H and O–H groups in total. The number of imidazole rings is 1. The number of hydrogen-bond acceptors (Lipinski definition) is 5. The summed E-state index contributed by atoms with van der Waals surface area (Å²) in [6, 6.07) is 8.07. The van der Waals surface area contributed by atoms with Gasteiger partial charge in [0.05, 0.1) is 12.1 Å². The van der Waals surface area contributed by atoms with Crippen LogP contribution in [0.25, 0.3) is 16.6 Å². The fourth-order valence-electron chi connectivity index (χ4n) is 2.49. The van der Waals surface area contributed by atoms with Gasteiger partial charge in [-0.3, -0.25) is 4.40 Å². The number of nitrogens with zero attached hydrogens (tertiary/aromatic N) is 3. The van der Waals surface area contributed by atoms with Gasteiger partial charge in [0.25, 0.3) is 0 Å². The fourth-order valence-corrected chi connectivity index (χ4v) is 3.75. The van der Waals surface area contributed by atoms with E-state index in [1.54, 1.807) is 25.0 Å². The van der Waals surface area contributed by atoms with Crippen LogP contribution in [0.15, 0.2) is 35.6 Å². The van der Waals surface area contributed by atoms with Gasteiger partial charge in [-0.05, 0) is 31.1 Å². The van der Waals surface area contributed by atoms with E-state index in [2.05, 4.69) is 24.9 Å². The Morgan fingerprint density at radius 1 is 1.33 bits per heavy atom. The third kappa shape index (κ3) is 3.24. The third-order valence-corrected chi connectivity index (χ3v) is 4.77. The van der Waals surface area contributed by atoms with Gasteiger partial charge in [-0.1, -0.05) is 32.0 Å². The van der Waals surface area contributed by atoms with Crippen LogP contribution in [0.1, 0.15) is 37.7 Å². The topological polar surface area (TPSA) is 56.5 Å². The Morgan fingerprint density at radius 3 is 2.88 bits per heavy atom. The molecule has 0 amide bonds. The van der Waals surface area contributed by atoms with E-state index in [0.717, 1.165) is 28.1 Å². The molecular formula is C18H21N3O2S. The second-order valence-corrected chi connectivity index (χ2v) is 7.06. The number of aromatic nitrogens is 3. The van der Waals surface area contributed by atoms with Crippen molar-refractivity contribution in [3.8, 4) is 0 Å². The van der Waals surface area contributed by atoms with E-state index in [1.807, 2.05) is 22.6 Å². The minimum Gasteiger partial charge on any atom is -0.461 e. The molecule has 24 heavy (non-hydrogen) atoms. The van der Waals surface area contributed by atoms with Crippen LogP contribution in [0.2, 0.25) is 0 Å². The number of esters is 1. The van der Waals surface area contributed by atoms with Crippen LogP contribution in [0, 0.1) is 5.92 Å². The number of fused-ring (bicyclic) bond motifs is 3. The summed E-state index contributed by atoms with van der Waals surface area (Å²) in [6.07, 6.45) is 2.76. The van der Waals surface area contributed by atoms with Crippen LogP contribution in [0.4, 0.5) is 0 Å². The lowest BCUT2D eigenvalue weighted by Gasteiger charge is -2.09. The molecule has 0 fully saturated rings. The molecule has 3 rings (SSSR count). The number of rotatable bonds is 6. The maximum absolute atomic E-state index is 12.1. The van der Waals surface area contributed by atoms with Gasteiger partial charge in [0, 0.05) is 5.39 Å². The van der Waals surface area contributed by atoms with Gasteiger partial charge in [0.1, 0.15) is 11.4 Å². The van der Waals surface area contributed by atoms with Crippen molar-refractivity contribution in [3.63, 3.8) is 0 Å². The quantitative estimate of drug-likeness (QED) is 0.381. The second-order valence-electron chi connectivity index (χ2n) is 5.97. The zero-order chi connectivity index (χ0) is 17.1. The lowest BCUT2D eigenvalue weighted by atomic mass is 10.2. The molecule has 0 aliphatic heterocycles. The highest BCUT2D eigenvalue weighted by atomic mass is 32.2. The molecule has 0 aliphatic carbocycles. The molecule has 6 heteroatoms. The van der Waals surface area contributed by atoms with E-state index in [9.17, 15) is 4.79 Å². The largest absolute Gasteiger partial charge is 0.461 e. The molecule has 0 unspecified atom stereocenters. The monoisotopic (exact) mass is 343 g/mol. The molecule has 0 saturated heterocycles. The predicted molar refractivity (Wildman–Crippen MR) is 96.6 cm³/mol. The average Bonchev–Trinajstić information content (AvgIpc) is 2.99. The minimum absolute atomic E-state index is 0.272. The van der Waals surface area contributed by atoms with Crippen molar-refractivity contribution >= 4 is 34.3 Å². The van der Waals surface area contributed by atoms with Gasteiger partial charge < -0.3 is 4.74 Å². The molecule has 2 heterocycles. The number of ether oxygens (including phenoxy) is 1. The Hall–Kier alpha value is -2.08. The van der Waals surface area contributed by atoms with E-state index in [1.165, 1.54) is 0 Å². The van der Waals surface area contributed by atoms with Crippen molar-refractivity contribution in [2.45, 2.75) is 32.2 Å². The number of thioether (sulfide) groups is 1. The van der Waals surface area contributed by atoms with E-state index in [-0.39, 0.29) is 5.69 Å². The Morgan fingerprint density at radius 2 is 2.12 bits per heavy atom. The van der Waals surface area contributed by atoms with Crippen LogP contribution < -0.4 is 0 Å². The van der Waals surface area contributed by atoms with E-state index in [0.29, 0.717) is 18.2 Å². The molecule has 0 bridgehead atoms. The number of para-hydroxylation sites is 1. The summed E-state index contributed by atoms with van der Waals surface area (Å²) in [6.45, 7) is 6.53. The molecule has 2 aromatic heterocycles. The molecule has 0 radical (unpaired) electrons. The lowest BCUT2D eigenvalue weighted by Crippen LogP contribution is -2.07. The smallest absolute Gasteiger partial charge is 0.360 e. The predicted octanol–water partition coefficient (Wildman–Crippen LogP) is 4.20. The first-order valence-corrected chi connectivity index (χ1v) is 9.16. The van der Waals surface area contributed by atoms with E-state index >= 15 is 0 Å². The van der Waals surface area contributed by atoms with Crippen LogP contribution >= 0.6 is 11.8 Å². The average molecular weight is 343 g/mol. The summed E-state index contributed by atoms with van der Waals surface area (Å²) in [5.74, 6) is 1.21. The first-order valence-electron chi connectivity index (χ1n) is 8.17. The molecule has 0 saturated carbocycles. The summed E-state index contributed by atoms with van der Waals surface area (Å²) in [7, 11) is 0. The molecule has 5 nitrogen and oxygen atoms in total. The number of hydrogen-bond donors (Lipinski definition) is 0. The Balaban J connectivity index is 2.10. The van der Waals surface area contributed by atoms with E-state index in [4.69, 9.17) is 9.72 Å². The molecule has 0 aliphatic rings. The summed E-state index contributed by atoms with van der Waals surface area (Å²) < 4.78 is 6.95. The Bertz CT molecular complexity index is 873. The van der Waals surface area contributed by atoms with E-state index < -0.39 is 5.97 Å². The van der Waals surface area contributed by atoms with Crippen molar-refractivity contribution in [2.75, 3.05) is 12.4 Å². The van der Waals surface area contributed by atoms with Crippen molar-refractivity contribution in [2.24, 2.45) is 5.92 Å². The van der Waals surface area contributed by atoms with Gasteiger partial charge in [-0.25, -0.2) is 14.8 Å². The van der Waals surface area contributed by atoms with Crippen molar-refractivity contribution in [1.82, 2.24) is 14.4 Å². The van der Waals surface area contributed by atoms with Crippen molar-refractivity contribution in [1.29, 1.82) is 0 Å². The Labute approximate surface area is 145 Å². The van der Waals surface area contributed by atoms with Crippen LogP contribution in [0.5, 0.6) is 0 Å². The molecule has 3 aromatic rings. The number of carbonyl (C=O) groups is 1. The zero-order valence-corrected chi connectivity index (χ0v) is 15.0. The molecule has 126 valence electrons. The first kappa shape index (κ1) is 16.8. The highest BCUT2D eigenvalue weighted by molar-refractivity contribution is 7.99. The first-order chi connectivity index (χ1) is 11.6. The Kier molecular flexibility index (Phi) is 5.04. The van der Waals surface area contributed by atoms with Crippen molar-refractivity contribution in [3.05, 3.63) is 36.3 Å². The highest BCUT2D eigenvalue weighted by Gasteiger charge is 2.19. The number of carbonyl (C=O) groups excluding carboxylic acids is 1. The normalized spacial score (nSPS) is 11.5. The summed E-state index contributed by atoms with van der Waals surface area (Å²) in [5.41, 5.74) is 1.82. The SMILES string of the molecule is CCOC(=O)c1ncn2c1nc(SCCC(C)C)c1ccccc12. The molecular weight excluding hydrogens is 322 g/mol. The van der Waals surface area contributed by atoms with Crippen LogP contribution in [-0.2, 0) is 4.74 Å². The van der Waals surface area contributed by atoms with Crippen molar-refractivity contribution < 1.29 is 9.53 Å². The van der Waals surface area contributed by atoms with Gasteiger partial charge in [-0.15, -0.1) is 11.8 Å². The van der Waals surface area contributed by atoms with Gasteiger partial charge in [0.2, 0.25) is 0 Å². The maximum atomic E-state index is 12.1. The van der Waals surface area contributed by atoms with Gasteiger partial charge in [0.15, 0.2) is 11.3 Å². The van der Waals surface area contributed by atoms with Gasteiger partial charge >= 0.3 is 5.97 Å². The lowest BCUT2D eigenvalue weighted by molar-refractivity contribution is 0.0522. The fraction of sp³-hybridized carbons (Fsp3) is 0.389. The maximum Gasteiger partial charge on any atom is 0.360 e. The summed E-state index contributed by atoms with van der Waals surface area (Å²) in [5, 5.41) is 2.01. The summed E-state index contributed by atoms with van der Waals surface area (Å²) >= 11 is 1.73. The highest BCUT2D eigenvalue weighted by Crippen LogP contribution is 2.29. The second kappa shape index (κ2) is 7.21. The third-order valence-electron chi connectivity index (χ3n) is 3.75. The minimum atomic E-state index is -0.430. The zero-order valence-electron chi connectivity index (χ0n) is 14.2. The molecule has 0 atom stereocenters. The standard InChI is InChI=1S/C18H21N3O2S/c1-4-23-18(22)15-16-20-17(24-10-9-12(2)3)13-7-5-6-8-14(13)21(16)11-19-15/h5-8,11-12H,4,9-10H2,1-3H3. The van der Waals surface area contributed by atoms with Crippen LogP contribution in [0.3, 0.4) is 0 Å². The molecule has 0 spiro atoms. The van der Waals surface area contributed by atoms with Crippen LogP contribution in [-0.4, -0.2) is 32.7 Å². The molecule has 1 aromatic carbocycles. The summed E-state index contributed by atoms with van der Waals surface area (Å²) in [4.78, 5) is 21.1. The number of benzene rings is 1.